The van der Waals surface area contributed by atoms with E-state index in [0.717, 1.165) is 39.0 Å². The van der Waals surface area contributed by atoms with Crippen molar-refractivity contribution >= 4 is 45.6 Å². The number of alkyl halides is 2. The van der Waals surface area contributed by atoms with Gasteiger partial charge in [0, 0.05) is 43.8 Å². The molecule has 1 saturated carbocycles. The van der Waals surface area contributed by atoms with Gasteiger partial charge in [0.1, 0.15) is 5.02 Å². The third kappa shape index (κ3) is 4.35. The highest BCUT2D eigenvalue weighted by atomic mass is 35.5. The number of nitrogens with one attached hydrogen (secondary N) is 2. The Morgan fingerprint density at radius 1 is 1.21 bits per heavy atom. The van der Waals surface area contributed by atoms with Crippen LogP contribution in [0.25, 0.3) is 10.9 Å². The van der Waals surface area contributed by atoms with Gasteiger partial charge in [-0.15, -0.1) is 0 Å². The van der Waals surface area contributed by atoms with Crippen LogP contribution >= 0.6 is 11.6 Å². The largest absolute Gasteiger partial charge is 0.480 e. The molecule has 12 heteroatoms. The summed E-state index contributed by atoms with van der Waals surface area (Å²) in [5.74, 6) is -2.26. The second kappa shape index (κ2) is 9.19. The highest BCUT2D eigenvalue weighted by Crippen LogP contribution is 2.45. The number of hydrogen-bond donors (Lipinski definition) is 2. The van der Waals surface area contributed by atoms with Crippen molar-refractivity contribution in [1.82, 2.24) is 19.4 Å². The van der Waals surface area contributed by atoms with E-state index in [1.54, 1.807) is 19.3 Å². The molecule has 0 amide bonds. The number of rotatable bonds is 4. The molecule has 1 aliphatic carbocycles. The topological polar surface area (TPSA) is 87.6 Å². The quantitative estimate of drug-likeness (QED) is 0.493. The standard InChI is InChI=1S/C27H30ClF2N7O2/c1-35-20-7-6-16(11-18(20)21-22(25(35)38)39-14-27(29,30)23(33-21)15-4-5-15)32-24-19(28)12-31-26(34-24)37-10-9-36-8-2-3-17(36)13-37/h6-7,11-12,15,17,23,33H,2-5,8-10,13-14H2,1H3,(H,31,32,34)/t17-,23+/m1/s1. The Balaban J connectivity index is 1.24. The minimum absolute atomic E-state index is 0.0848. The second-order valence-corrected chi connectivity index (χ2v) is 11.5. The summed E-state index contributed by atoms with van der Waals surface area (Å²) in [4.78, 5) is 27.0. The molecule has 0 unspecified atom stereocenters. The first-order chi connectivity index (χ1) is 18.8. The smallest absolute Gasteiger partial charge is 0.301 e. The molecule has 0 spiro atoms. The van der Waals surface area contributed by atoms with Crippen LogP contribution in [0.3, 0.4) is 0 Å². The molecule has 39 heavy (non-hydrogen) atoms. The Morgan fingerprint density at radius 3 is 2.87 bits per heavy atom. The molecule has 3 fully saturated rings. The van der Waals surface area contributed by atoms with Crippen LogP contribution in [-0.2, 0) is 7.05 Å². The van der Waals surface area contributed by atoms with Gasteiger partial charge in [0.05, 0.1) is 23.4 Å². The third-order valence-electron chi connectivity index (χ3n) is 8.47. The number of aryl methyl sites for hydroxylation is 1. The van der Waals surface area contributed by atoms with Crippen LogP contribution in [-0.4, -0.2) is 70.2 Å². The van der Waals surface area contributed by atoms with E-state index < -0.39 is 24.1 Å². The zero-order valence-electron chi connectivity index (χ0n) is 21.6. The molecule has 0 radical (unpaired) electrons. The molecule has 0 bridgehead atoms. The Hall–Kier alpha value is -3.18. The van der Waals surface area contributed by atoms with Gasteiger partial charge in [-0.25, -0.2) is 13.8 Å². The van der Waals surface area contributed by atoms with E-state index in [1.165, 1.54) is 17.4 Å². The molecular formula is C27H30ClF2N7O2. The summed E-state index contributed by atoms with van der Waals surface area (Å²) in [5, 5.41) is 7.27. The molecule has 7 rings (SSSR count). The molecule has 2 atom stereocenters. The fourth-order valence-corrected chi connectivity index (χ4v) is 6.33. The Morgan fingerprint density at radius 2 is 2.05 bits per heavy atom. The Kier molecular flexibility index (Phi) is 5.85. The first kappa shape index (κ1) is 24.8. The van der Waals surface area contributed by atoms with Gasteiger partial charge in [0.25, 0.3) is 5.56 Å². The minimum atomic E-state index is -3.09. The van der Waals surface area contributed by atoms with E-state index in [0.29, 0.717) is 45.1 Å². The van der Waals surface area contributed by atoms with E-state index >= 15 is 0 Å². The van der Waals surface area contributed by atoms with E-state index in [4.69, 9.17) is 21.3 Å². The average Bonchev–Trinajstić information content (AvgIpc) is 3.67. The molecular weight excluding hydrogens is 528 g/mol. The minimum Gasteiger partial charge on any atom is -0.480 e. The molecule has 5 heterocycles. The maximum Gasteiger partial charge on any atom is 0.301 e. The number of fused-ring (bicyclic) bond motifs is 4. The number of nitrogens with zero attached hydrogens (tertiary/aromatic N) is 5. The normalized spacial score (nSPS) is 24.5. The van der Waals surface area contributed by atoms with Crippen LogP contribution in [0.15, 0.2) is 29.2 Å². The van der Waals surface area contributed by atoms with Crippen LogP contribution in [0.2, 0.25) is 5.02 Å². The molecule has 1 aromatic carbocycles. The van der Waals surface area contributed by atoms with Gasteiger partial charge < -0.3 is 24.8 Å². The SMILES string of the molecule is Cn1c(=O)c2c(c3cc(Nc4nc(N5CCN6CCC[C@@H]6C5)ncc4Cl)ccc31)N[C@@H](C1CC1)C(F)(F)CO2. The van der Waals surface area contributed by atoms with E-state index in [9.17, 15) is 13.6 Å². The fraction of sp³-hybridized carbons (Fsp3) is 0.519. The number of ether oxygens (including phenoxy) is 1. The van der Waals surface area contributed by atoms with E-state index in [2.05, 4.69) is 25.4 Å². The second-order valence-electron chi connectivity index (χ2n) is 11.1. The maximum atomic E-state index is 14.9. The predicted octanol–water partition coefficient (Wildman–Crippen LogP) is 4.23. The fourth-order valence-electron chi connectivity index (χ4n) is 6.19. The highest BCUT2D eigenvalue weighted by molar-refractivity contribution is 6.33. The van der Waals surface area contributed by atoms with Crippen LogP contribution in [0.1, 0.15) is 25.7 Å². The molecule has 2 saturated heterocycles. The van der Waals surface area contributed by atoms with Crippen molar-refractivity contribution in [2.24, 2.45) is 13.0 Å². The molecule has 3 aliphatic heterocycles. The van der Waals surface area contributed by atoms with Gasteiger partial charge in [0.2, 0.25) is 11.7 Å². The van der Waals surface area contributed by atoms with Crippen molar-refractivity contribution in [3.8, 4) is 5.75 Å². The number of hydrogen-bond acceptors (Lipinski definition) is 8. The lowest BCUT2D eigenvalue weighted by Crippen LogP contribution is -2.50. The van der Waals surface area contributed by atoms with Gasteiger partial charge in [-0.3, -0.25) is 9.69 Å². The van der Waals surface area contributed by atoms with Crippen molar-refractivity contribution in [3.05, 3.63) is 39.8 Å². The monoisotopic (exact) mass is 557 g/mol. The van der Waals surface area contributed by atoms with Crippen molar-refractivity contribution in [1.29, 1.82) is 0 Å². The van der Waals surface area contributed by atoms with Gasteiger partial charge in [-0.1, -0.05) is 11.6 Å². The Bertz CT molecular complexity index is 1510. The zero-order valence-corrected chi connectivity index (χ0v) is 22.3. The highest BCUT2D eigenvalue weighted by Gasteiger charge is 2.51. The predicted molar refractivity (Wildman–Crippen MR) is 147 cm³/mol. The van der Waals surface area contributed by atoms with E-state index in [1.807, 2.05) is 12.1 Å². The van der Waals surface area contributed by atoms with Crippen LogP contribution in [0.5, 0.6) is 5.75 Å². The number of aromatic nitrogens is 3. The van der Waals surface area contributed by atoms with Gasteiger partial charge in [-0.2, -0.15) is 4.98 Å². The van der Waals surface area contributed by atoms with Crippen LogP contribution < -0.4 is 25.8 Å². The summed E-state index contributed by atoms with van der Waals surface area (Å²) in [7, 11) is 1.61. The first-order valence-electron chi connectivity index (χ1n) is 13.5. The molecule has 2 N–H and O–H groups in total. The summed E-state index contributed by atoms with van der Waals surface area (Å²) in [5.41, 5.74) is 1.10. The Labute approximate surface area is 229 Å². The number of pyridine rings is 1. The third-order valence-corrected chi connectivity index (χ3v) is 8.75. The van der Waals surface area contributed by atoms with Gasteiger partial charge in [0.15, 0.2) is 12.4 Å². The summed E-state index contributed by atoms with van der Waals surface area (Å²) in [6.45, 7) is 3.05. The number of benzene rings is 1. The van der Waals surface area contributed by atoms with Crippen molar-refractivity contribution in [3.63, 3.8) is 0 Å². The molecule has 9 nitrogen and oxygen atoms in total. The molecule has 4 aliphatic rings. The number of anilines is 4. The number of halogens is 3. The zero-order chi connectivity index (χ0) is 26.9. The maximum absolute atomic E-state index is 14.9. The molecule has 206 valence electrons. The van der Waals surface area contributed by atoms with Crippen LogP contribution in [0.4, 0.5) is 31.9 Å². The van der Waals surface area contributed by atoms with Gasteiger partial charge in [-0.05, 0) is 56.3 Å². The van der Waals surface area contributed by atoms with Crippen molar-refractivity contribution in [2.75, 3.05) is 48.3 Å². The lowest BCUT2D eigenvalue weighted by atomic mass is 10.0. The van der Waals surface area contributed by atoms with Crippen molar-refractivity contribution < 1.29 is 13.5 Å². The summed E-state index contributed by atoms with van der Waals surface area (Å²) in [6, 6.07) is 4.84. The summed E-state index contributed by atoms with van der Waals surface area (Å²) in [6.07, 6.45) is 5.46. The van der Waals surface area contributed by atoms with E-state index in [-0.39, 0.29) is 11.7 Å². The summed E-state index contributed by atoms with van der Waals surface area (Å²) >= 11 is 6.49. The lowest BCUT2D eigenvalue weighted by Gasteiger charge is -2.37. The first-order valence-corrected chi connectivity index (χ1v) is 13.9. The molecule has 2 aromatic heterocycles. The summed E-state index contributed by atoms with van der Waals surface area (Å²) < 4.78 is 36.8. The van der Waals surface area contributed by atoms with Gasteiger partial charge >= 0.3 is 5.92 Å². The molecule has 3 aromatic rings. The van der Waals surface area contributed by atoms with Crippen LogP contribution in [0, 0.1) is 5.92 Å². The average molecular weight is 558 g/mol. The van der Waals surface area contributed by atoms with Crippen molar-refractivity contribution in [2.45, 2.75) is 43.7 Å². The lowest BCUT2D eigenvalue weighted by molar-refractivity contribution is -0.0579. The number of piperazine rings is 1.